The summed E-state index contributed by atoms with van der Waals surface area (Å²) in [5.41, 5.74) is 4.36. The van der Waals surface area contributed by atoms with E-state index in [1.807, 2.05) is 44.2 Å². The molecular weight excluding hydrogens is 286 g/mol. The van der Waals surface area contributed by atoms with Crippen LogP contribution in [0.1, 0.15) is 48.8 Å². The van der Waals surface area contributed by atoms with Crippen molar-refractivity contribution >= 4 is 11.6 Å². The fraction of sp³-hybridized carbons (Fsp3) is 0.350. The lowest BCUT2D eigenvalue weighted by molar-refractivity contribution is -0.115. The Bertz CT molecular complexity index is 705. The van der Waals surface area contributed by atoms with Crippen LogP contribution in [0.25, 0.3) is 0 Å². The smallest absolute Gasteiger partial charge is 0.224 e. The number of carbonyl (C=O) groups is 1. The van der Waals surface area contributed by atoms with Crippen LogP contribution in [0.2, 0.25) is 0 Å². The number of nitrogens with one attached hydrogen (secondary N) is 1. The maximum absolute atomic E-state index is 11.7. The summed E-state index contributed by atoms with van der Waals surface area (Å²) in [6, 6.07) is 14.3. The second-order valence-electron chi connectivity index (χ2n) is 6.15. The Morgan fingerprint density at radius 1 is 1.22 bits per heavy atom. The Labute approximate surface area is 137 Å². The summed E-state index contributed by atoms with van der Waals surface area (Å²) < 4.78 is 5.98. The van der Waals surface area contributed by atoms with Crippen LogP contribution in [0.4, 0.5) is 5.69 Å². The third-order valence-electron chi connectivity index (χ3n) is 4.25. The van der Waals surface area contributed by atoms with Crippen LogP contribution in [0.5, 0.6) is 5.75 Å². The molecule has 0 aliphatic heterocycles. The zero-order valence-electron chi connectivity index (χ0n) is 13.8. The molecule has 1 N–H and O–H groups in total. The number of para-hydroxylation sites is 1. The average molecular weight is 309 g/mol. The summed E-state index contributed by atoms with van der Waals surface area (Å²) >= 11 is 0. The van der Waals surface area contributed by atoms with Crippen molar-refractivity contribution in [2.45, 2.75) is 45.6 Å². The highest BCUT2D eigenvalue weighted by Gasteiger charge is 2.24. The van der Waals surface area contributed by atoms with Crippen molar-refractivity contribution in [2.75, 3.05) is 5.32 Å². The van der Waals surface area contributed by atoms with Gasteiger partial charge in [-0.3, -0.25) is 4.79 Å². The molecule has 1 amide bonds. The molecule has 0 bridgehead atoms. The van der Waals surface area contributed by atoms with E-state index in [9.17, 15) is 4.79 Å². The predicted molar refractivity (Wildman–Crippen MR) is 92.8 cm³/mol. The summed E-state index contributed by atoms with van der Waals surface area (Å²) in [6.07, 6.45) is 3.00. The molecule has 1 saturated carbocycles. The number of ether oxygens (including phenoxy) is 1. The molecular formula is C20H23NO2. The van der Waals surface area contributed by atoms with Crippen LogP contribution in [0.15, 0.2) is 42.5 Å². The van der Waals surface area contributed by atoms with Gasteiger partial charge in [-0.2, -0.15) is 0 Å². The number of hydrogen-bond acceptors (Lipinski definition) is 2. The third-order valence-corrected chi connectivity index (χ3v) is 4.25. The van der Waals surface area contributed by atoms with E-state index in [0.717, 1.165) is 22.6 Å². The topological polar surface area (TPSA) is 38.3 Å². The summed E-state index contributed by atoms with van der Waals surface area (Å²) in [4.78, 5) is 11.7. The first-order valence-corrected chi connectivity index (χ1v) is 8.28. The molecule has 3 heteroatoms. The van der Waals surface area contributed by atoms with E-state index in [1.165, 1.54) is 18.4 Å². The van der Waals surface area contributed by atoms with Gasteiger partial charge in [-0.15, -0.1) is 0 Å². The van der Waals surface area contributed by atoms with Crippen molar-refractivity contribution in [1.29, 1.82) is 0 Å². The standard InChI is InChI=1S/C20H23NO2/c1-3-20(22)21-18-11-10-16(15-8-9-15)12-17(18)13-23-19-7-5-4-6-14(19)2/h4-7,10-12,15H,3,8-9,13H2,1-2H3,(H,21,22). The number of rotatable bonds is 6. The first-order valence-electron chi connectivity index (χ1n) is 8.28. The number of amides is 1. The SMILES string of the molecule is CCC(=O)Nc1ccc(C2CC2)cc1COc1ccccc1C. The third kappa shape index (κ3) is 3.92. The lowest BCUT2D eigenvalue weighted by Gasteiger charge is -2.14. The molecule has 0 aromatic heterocycles. The monoisotopic (exact) mass is 309 g/mol. The molecule has 2 aromatic carbocycles. The second-order valence-corrected chi connectivity index (χ2v) is 6.15. The quantitative estimate of drug-likeness (QED) is 0.832. The molecule has 0 heterocycles. The van der Waals surface area contributed by atoms with Gasteiger partial charge >= 0.3 is 0 Å². The van der Waals surface area contributed by atoms with Gasteiger partial charge in [0.2, 0.25) is 5.91 Å². The summed E-state index contributed by atoms with van der Waals surface area (Å²) in [5, 5.41) is 2.98. The van der Waals surface area contributed by atoms with Gasteiger partial charge in [-0.05, 0) is 48.9 Å². The van der Waals surface area contributed by atoms with E-state index in [-0.39, 0.29) is 5.91 Å². The van der Waals surface area contributed by atoms with Gasteiger partial charge in [0.05, 0.1) is 0 Å². The first kappa shape index (κ1) is 15.6. The van der Waals surface area contributed by atoms with Gasteiger partial charge in [-0.1, -0.05) is 37.3 Å². The van der Waals surface area contributed by atoms with Gasteiger partial charge < -0.3 is 10.1 Å². The summed E-state index contributed by atoms with van der Waals surface area (Å²) in [5.74, 6) is 1.60. The van der Waals surface area contributed by atoms with Crippen LogP contribution in [0, 0.1) is 6.92 Å². The van der Waals surface area contributed by atoms with Crippen molar-refractivity contribution in [1.82, 2.24) is 0 Å². The van der Waals surface area contributed by atoms with E-state index in [2.05, 4.69) is 17.4 Å². The number of anilines is 1. The van der Waals surface area contributed by atoms with Crippen LogP contribution in [-0.4, -0.2) is 5.91 Å². The van der Waals surface area contributed by atoms with Gasteiger partial charge in [0, 0.05) is 17.7 Å². The predicted octanol–water partition coefficient (Wildman–Crippen LogP) is 4.80. The van der Waals surface area contributed by atoms with E-state index >= 15 is 0 Å². The maximum atomic E-state index is 11.7. The van der Waals surface area contributed by atoms with Crippen LogP contribution in [0.3, 0.4) is 0 Å². The lowest BCUT2D eigenvalue weighted by Crippen LogP contribution is -2.12. The van der Waals surface area contributed by atoms with Crippen molar-refractivity contribution in [3.05, 3.63) is 59.2 Å². The van der Waals surface area contributed by atoms with Crippen molar-refractivity contribution in [2.24, 2.45) is 0 Å². The number of benzene rings is 2. The first-order chi connectivity index (χ1) is 11.2. The maximum Gasteiger partial charge on any atom is 0.224 e. The minimum atomic E-state index is 0.0290. The second kappa shape index (κ2) is 6.86. The molecule has 3 nitrogen and oxygen atoms in total. The largest absolute Gasteiger partial charge is 0.489 e. The highest BCUT2D eigenvalue weighted by atomic mass is 16.5. The molecule has 0 unspecified atom stereocenters. The highest BCUT2D eigenvalue weighted by Crippen LogP contribution is 2.41. The minimum Gasteiger partial charge on any atom is -0.489 e. The van der Waals surface area contributed by atoms with Crippen LogP contribution in [-0.2, 0) is 11.4 Å². The summed E-state index contributed by atoms with van der Waals surface area (Å²) in [6.45, 7) is 4.36. The Morgan fingerprint density at radius 3 is 2.70 bits per heavy atom. The van der Waals surface area contributed by atoms with Crippen LogP contribution >= 0.6 is 0 Å². The Balaban J connectivity index is 1.80. The molecule has 2 aromatic rings. The Kier molecular flexibility index (Phi) is 4.65. The molecule has 0 saturated heterocycles. The number of aryl methyl sites for hydroxylation is 1. The Morgan fingerprint density at radius 2 is 2.00 bits per heavy atom. The molecule has 1 fully saturated rings. The fourth-order valence-corrected chi connectivity index (χ4v) is 2.64. The molecule has 3 rings (SSSR count). The zero-order chi connectivity index (χ0) is 16.2. The number of hydrogen-bond donors (Lipinski definition) is 1. The van der Waals surface area contributed by atoms with Gasteiger partial charge in [0.25, 0.3) is 0 Å². The molecule has 1 aliphatic rings. The molecule has 0 spiro atoms. The molecule has 0 radical (unpaired) electrons. The molecule has 120 valence electrons. The van der Waals surface area contributed by atoms with Crippen molar-refractivity contribution in [3.63, 3.8) is 0 Å². The van der Waals surface area contributed by atoms with Gasteiger partial charge in [0.1, 0.15) is 12.4 Å². The van der Waals surface area contributed by atoms with E-state index in [0.29, 0.717) is 18.9 Å². The van der Waals surface area contributed by atoms with Crippen molar-refractivity contribution in [3.8, 4) is 5.75 Å². The fourth-order valence-electron chi connectivity index (χ4n) is 2.64. The normalized spacial score (nSPS) is 13.7. The van der Waals surface area contributed by atoms with Crippen LogP contribution < -0.4 is 10.1 Å². The van der Waals surface area contributed by atoms with E-state index < -0.39 is 0 Å². The molecule has 23 heavy (non-hydrogen) atoms. The minimum absolute atomic E-state index is 0.0290. The Hall–Kier alpha value is -2.29. The lowest BCUT2D eigenvalue weighted by atomic mass is 10.1. The number of carbonyl (C=O) groups excluding carboxylic acids is 1. The van der Waals surface area contributed by atoms with Gasteiger partial charge in [-0.25, -0.2) is 0 Å². The zero-order valence-corrected chi connectivity index (χ0v) is 13.8. The highest BCUT2D eigenvalue weighted by molar-refractivity contribution is 5.91. The van der Waals surface area contributed by atoms with E-state index in [1.54, 1.807) is 0 Å². The van der Waals surface area contributed by atoms with Gasteiger partial charge in [0.15, 0.2) is 0 Å². The summed E-state index contributed by atoms with van der Waals surface area (Å²) in [7, 11) is 0. The molecule has 1 aliphatic carbocycles. The molecule has 0 atom stereocenters. The van der Waals surface area contributed by atoms with Crippen molar-refractivity contribution < 1.29 is 9.53 Å². The van der Waals surface area contributed by atoms with E-state index in [4.69, 9.17) is 4.74 Å². The average Bonchev–Trinajstić information content (AvgIpc) is 3.40.